The third-order valence-electron chi connectivity index (χ3n) is 5.51. The number of hydrogen-bond acceptors (Lipinski definition) is 6. The van der Waals surface area contributed by atoms with E-state index in [9.17, 15) is 14.1 Å². The first-order chi connectivity index (χ1) is 16.9. The molecule has 0 saturated carbocycles. The summed E-state index contributed by atoms with van der Waals surface area (Å²) in [5.74, 6) is 0.746. The van der Waals surface area contributed by atoms with Crippen LogP contribution in [0.5, 0.6) is 17.2 Å². The molecule has 3 aromatic carbocycles. The van der Waals surface area contributed by atoms with Crippen LogP contribution in [-0.4, -0.2) is 54.9 Å². The van der Waals surface area contributed by atoms with Crippen LogP contribution in [0.1, 0.15) is 23.2 Å². The summed E-state index contributed by atoms with van der Waals surface area (Å²) in [6, 6.07) is 14.7. The zero-order valence-corrected chi connectivity index (χ0v) is 21.5. The van der Waals surface area contributed by atoms with Crippen molar-refractivity contribution < 1.29 is 23.6 Å². The Morgan fingerprint density at radius 2 is 1.71 bits per heavy atom. The van der Waals surface area contributed by atoms with Crippen molar-refractivity contribution >= 4 is 34.6 Å². The Labute approximate surface area is 213 Å². The van der Waals surface area contributed by atoms with Gasteiger partial charge in [0.05, 0.1) is 29.8 Å². The van der Waals surface area contributed by atoms with Crippen LogP contribution < -0.4 is 14.2 Å². The van der Waals surface area contributed by atoms with Crippen LogP contribution in [0.3, 0.4) is 0 Å². The lowest BCUT2D eigenvalue weighted by Crippen LogP contribution is -2.10. The molecule has 0 bridgehead atoms. The number of nitrogens with one attached hydrogen (secondary N) is 1. The molecule has 7 nitrogen and oxygen atoms in total. The monoisotopic (exact) mass is 516 g/mol. The van der Waals surface area contributed by atoms with Gasteiger partial charge in [0.15, 0.2) is 22.5 Å². The summed E-state index contributed by atoms with van der Waals surface area (Å²) in [4.78, 5) is 14.0. The Hall–Kier alpha value is -3.07. The second kappa shape index (κ2) is 12.6. The summed E-state index contributed by atoms with van der Waals surface area (Å²) in [6.45, 7) is 2.64. The second-order valence-electron chi connectivity index (χ2n) is 7.99. The number of nitrogens with zero attached hydrogens (tertiary/aromatic N) is 1. The summed E-state index contributed by atoms with van der Waals surface area (Å²) in [6.07, 6.45) is 3.57. The summed E-state index contributed by atoms with van der Waals surface area (Å²) in [5, 5.41) is 9.98. The molecule has 1 fully saturated rings. The molecule has 1 unspecified atom stereocenters. The topological polar surface area (TPSA) is 88.1 Å². The molecule has 0 amide bonds. The van der Waals surface area contributed by atoms with E-state index in [1.54, 1.807) is 36.4 Å². The number of halogens is 1. The van der Waals surface area contributed by atoms with E-state index in [2.05, 4.69) is 16.7 Å². The number of phenols is 1. The summed E-state index contributed by atoms with van der Waals surface area (Å²) in [7, 11) is 3.45. The number of hydrogen-bond donors (Lipinski definition) is 2. The van der Waals surface area contributed by atoms with Crippen molar-refractivity contribution in [2.45, 2.75) is 17.7 Å². The summed E-state index contributed by atoms with van der Waals surface area (Å²) in [5.41, 5.74) is 2.22. The summed E-state index contributed by atoms with van der Waals surface area (Å²) >= 11 is 5.83. The lowest BCUT2D eigenvalue weighted by atomic mass is 10.0. The highest BCUT2D eigenvalue weighted by atomic mass is 35.5. The number of aldehydes is 1. The number of anilines is 1. The predicted octanol–water partition coefficient (Wildman–Crippen LogP) is 5.39. The fourth-order valence-electron chi connectivity index (χ4n) is 3.63. The van der Waals surface area contributed by atoms with Gasteiger partial charge in [0.1, 0.15) is 12.0 Å². The zero-order valence-electron chi connectivity index (χ0n) is 19.9. The molecular formula is C26H29ClN2O5S. The molecule has 3 aromatic rings. The maximum Gasteiger partial charge on any atom is 0.162 e. The Kier molecular flexibility index (Phi) is 9.54. The molecule has 9 heteroatoms. The minimum Gasteiger partial charge on any atom is -0.506 e. The number of likely N-dealkylation sites (tertiary alicyclic amines) is 1. The van der Waals surface area contributed by atoms with E-state index >= 15 is 0 Å². The van der Waals surface area contributed by atoms with Gasteiger partial charge < -0.3 is 24.2 Å². The molecule has 1 saturated heterocycles. The van der Waals surface area contributed by atoms with Crippen LogP contribution in [0.2, 0.25) is 5.02 Å². The van der Waals surface area contributed by atoms with Gasteiger partial charge >= 0.3 is 0 Å². The molecule has 0 radical (unpaired) electrons. The van der Waals surface area contributed by atoms with Gasteiger partial charge in [0.25, 0.3) is 0 Å². The van der Waals surface area contributed by atoms with Crippen molar-refractivity contribution in [3.05, 3.63) is 65.2 Å². The van der Waals surface area contributed by atoms with Crippen molar-refractivity contribution in [3.8, 4) is 28.4 Å². The minimum absolute atomic E-state index is 0.125. The molecule has 0 aromatic heterocycles. The van der Waals surface area contributed by atoms with Crippen LogP contribution in [0.4, 0.5) is 5.69 Å². The van der Waals surface area contributed by atoms with Gasteiger partial charge in [-0.25, -0.2) is 4.21 Å². The molecule has 1 atom stereocenters. The van der Waals surface area contributed by atoms with E-state index in [0.717, 1.165) is 6.29 Å². The Morgan fingerprint density at radius 1 is 1.03 bits per heavy atom. The van der Waals surface area contributed by atoms with E-state index in [0.29, 0.717) is 38.8 Å². The number of ether oxygens (including phenoxy) is 2. The number of benzene rings is 3. The Morgan fingerprint density at radius 3 is 2.29 bits per heavy atom. The standard InChI is InChI=1S/C21H18ClNO5S.C5H11N/c1-27-19-10-16(14-5-3-4-13(8-14)12-24)21(11-20(19)28-2)29(26)23-15-6-7-17(22)18(25)9-15;1-6-4-2-3-5-6/h3-12,23,25H,1-2H3;2-5H2,1H3. The average Bonchev–Trinajstić information content (AvgIpc) is 3.36. The molecule has 1 heterocycles. The number of carbonyl (C=O) groups excluding carboxylic acids is 1. The SMILES string of the molecule is CN1CCCC1.COc1cc(-c2cccc(C=O)c2)c(S(=O)Nc2ccc(Cl)c(O)c2)cc1OC. The highest BCUT2D eigenvalue weighted by Crippen LogP contribution is 2.38. The maximum atomic E-state index is 13.1. The molecule has 1 aliphatic rings. The molecule has 2 N–H and O–H groups in total. The van der Waals surface area contributed by atoms with E-state index in [1.807, 2.05) is 6.07 Å². The first kappa shape index (κ1) is 26.5. The van der Waals surface area contributed by atoms with Crippen LogP contribution in [0, 0.1) is 0 Å². The molecule has 0 aliphatic carbocycles. The van der Waals surface area contributed by atoms with Crippen LogP contribution in [0.15, 0.2) is 59.5 Å². The molecular weight excluding hydrogens is 488 g/mol. The van der Waals surface area contributed by atoms with Gasteiger partial charge in [-0.1, -0.05) is 29.8 Å². The van der Waals surface area contributed by atoms with Gasteiger partial charge in [-0.3, -0.25) is 4.79 Å². The van der Waals surface area contributed by atoms with Crippen LogP contribution in [-0.2, 0) is 11.0 Å². The molecule has 35 heavy (non-hydrogen) atoms. The average molecular weight is 517 g/mol. The molecule has 4 rings (SSSR count). The zero-order chi connectivity index (χ0) is 25.4. The first-order valence-corrected chi connectivity index (χ1v) is 12.6. The smallest absolute Gasteiger partial charge is 0.162 e. The Balaban J connectivity index is 0.000000497. The van der Waals surface area contributed by atoms with E-state index in [1.165, 1.54) is 52.3 Å². The van der Waals surface area contributed by atoms with Crippen molar-refractivity contribution in [3.63, 3.8) is 0 Å². The number of phenolic OH excluding ortho intramolecular Hbond substituents is 1. The fourth-order valence-corrected chi connectivity index (χ4v) is 4.79. The highest BCUT2D eigenvalue weighted by Gasteiger charge is 2.18. The van der Waals surface area contributed by atoms with E-state index in [-0.39, 0.29) is 10.8 Å². The Bertz CT molecular complexity index is 1200. The van der Waals surface area contributed by atoms with Crippen molar-refractivity contribution in [2.75, 3.05) is 39.1 Å². The predicted molar refractivity (Wildman–Crippen MR) is 140 cm³/mol. The van der Waals surface area contributed by atoms with Gasteiger partial charge in [0, 0.05) is 23.3 Å². The normalized spacial score (nSPS) is 13.9. The molecule has 0 spiro atoms. The lowest BCUT2D eigenvalue weighted by molar-refractivity contribution is 0.112. The van der Waals surface area contributed by atoms with Crippen LogP contribution in [0.25, 0.3) is 11.1 Å². The first-order valence-electron chi connectivity index (χ1n) is 11.0. The largest absolute Gasteiger partial charge is 0.506 e. The minimum atomic E-state index is -1.72. The highest BCUT2D eigenvalue weighted by molar-refractivity contribution is 7.86. The van der Waals surface area contributed by atoms with E-state index < -0.39 is 11.0 Å². The van der Waals surface area contributed by atoms with Gasteiger partial charge in [0.2, 0.25) is 0 Å². The number of carbonyl (C=O) groups is 1. The quantitative estimate of drug-likeness (QED) is 0.409. The third kappa shape index (κ3) is 6.97. The summed E-state index contributed by atoms with van der Waals surface area (Å²) < 4.78 is 26.7. The number of rotatable bonds is 7. The fraction of sp³-hybridized carbons (Fsp3) is 0.269. The van der Waals surface area contributed by atoms with Crippen molar-refractivity contribution in [1.29, 1.82) is 0 Å². The maximum absolute atomic E-state index is 13.1. The van der Waals surface area contributed by atoms with E-state index in [4.69, 9.17) is 21.1 Å². The lowest BCUT2D eigenvalue weighted by Gasteiger charge is -2.16. The third-order valence-corrected chi connectivity index (χ3v) is 6.98. The van der Waals surface area contributed by atoms with Crippen LogP contribution >= 0.6 is 11.6 Å². The number of methoxy groups -OCH3 is 2. The molecule has 1 aliphatic heterocycles. The second-order valence-corrected chi connectivity index (χ2v) is 9.58. The van der Waals surface area contributed by atoms with Crippen molar-refractivity contribution in [1.82, 2.24) is 4.90 Å². The van der Waals surface area contributed by atoms with Gasteiger partial charge in [-0.05, 0) is 62.8 Å². The van der Waals surface area contributed by atoms with Gasteiger partial charge in [-0.15, -0.1) is 0 Å². The number of aromatic hydroxyl groups is 1. The van der Waals surface area contributed by atoms with Crippen molar-refractivity contribution in [2.24, 2.45) is 0 Å². The van der Waals surface area contributed by atoms with Gasteiger partial charge in [-0.2, -0.15) is 0 Å². The molecule has 186 valence electrons.